The van der Waals surface area contributed by atoms with Crippen LogP contribution in [-0.2, 0) is 14.4 Å². The number of rotatable bonds is 6. The topological polar surface area (TPSA) is 79.8 Å². The fourth-order valence-electron chi connectivity index (χ4n) is 2.11. The van der Waals surface area contributed by atoms with Crippen molar-refractivity contribution in [2.75, 3.05) is 10.6 Å². The molecule has 2 aromatic rings. The van der Waals surface area contributed by atoms with Gasteiger partial charge in [-0.3, -0.25) is 9.59 Å². The summed E-state index contributed by atoms with van der Waals surface area (Å²) in [6, 6.07) is 9.10. The van der Waals surface area contributed by atoms with Gasteiger partial charge in [-0.25, -0.2) is 0 Å². The molecule has 2 amide bonds. The van der Waals surface area contributed by atoms with E-state index < -0.39 is 23.3 Å². The number of nitrogens with zero attached hydrogens (tertiary/aromatic N) is 1. The van der Waals surface area contributed by atoms with E-state index in [0.717, 1.165) is 6.21 Å². The van der Waals surface area contributed by atoms with Gasteiger partial charge in [0.1, 0.15) is 5.60 Å². The number of hydrogen-bond donors (Lipinski definition) is 2. The SMILES string of the molecule is CC(C)(C)ON=CC(C(=O)Nc1ccc(Cl)cc1Cl)C(=O)Nc1ccc(Cl)cc1Cl. The van der Waals surface area contributed by atoms with Crippen molar-refractivity contribution >= 4 is 75.8 Å². The number of benzene rings is 2. The second kappa shape index (κ2) is 10.4. The van der Waals surface area contributed by atoms with Gasteiger partial charge in [0, 0.05) is 10.0 Å². The van der Waals surface area contributed by atoms with Crippen molar-refractivity contribution in [2.45, 2.75) is 26.4 Å². The lowest BCUT2D eigenvalue weighted by Crippen LogP contribution is -2.35. The number of halogens is 4. The molecule has 0 saturated heterocycles. The average molecular weight is 491 g/mol. The largest absolute Gasteiger partial charge is 0.390 e. The lowest BCUT2D eigenvalue weighted by molar-refractivity contribution is -0.126. The lowest BCUT2D eigenvalue weighted by Gasteiger charge is -2.17. The van der Waals surface area contributed by atoms with Crippen molar-refractivity contribution in [3.05, 3.63) is 56.5 Å². The third-order valence-electron chi connectivity index (χ3n) is 3.48. The molecule has 0 spiro atoms. The van der Waals surface area contributed by atoms with E-state index in [1.807, 2.05) is 0 Å². The molecule has 160 valence electrons. The van der Waals surface area contributed by atoms with Crippen LogP contribution in [0.15, 0.2) is 41.6 Å². The van der Waals surface area contributed by atoms with Crippen LogP contribution < -0.4 is 10.6 Å². The summed E-state index contributed by atoms with van der Waals surface area (Å²) in [7, 11) is 0. The van der Waals surface area contributed by atoms with Gasteiger partial charge in [0.15, 0.2) is 5.92 Å². The molecular formula is C20H19Cl4N3O3. The van der Waals surface area contributed by atoms with Crippen molar-refractivity contribution in [2.24, 2.45) is 11.1 Å². The van der Waals surface area contributed by atoms with Crippen LogP contribution >= 0.6 is 46.4 Å². The fraction of sp³-hybridized carbons (Fsp3) is 0.250. The van der Waals surface area contributed by atoms with Crippen LogP contribution in [0, 0.1) is 5.92 Å². The Kier molecular flexibility index (Phi) is 8.38. The molecule has 10 heteroatoms. The average Bonchev–Trinajstić information content (AvgIpc) is 2.62. The molecule has 0 aliphatic heterocycles. The molecule has 0 aliphatic rings. The van der Waals surface area contributed by atoms with Gasteiger partial charge in [-0.2, -0.15) is 0 Å². The highest BCUT2D eigenvalue weighted by Gasteiger charge is 2.27. The van der Waals surface area contributed by atoms with E-state index >= 15 is 0 Å². The van der Waals surface area contributed by atoms with Gasteiger partial charge in [0.2, 0.25) is 11.8 Å². The predicted octanol–water partition coefficient (Wildman–Crippen LogP) is 6.29. The fourth-order valence-corrected chi connectivity index (χ4v) is 3.02. The number of carbonyl (C=O) groups is 2. The van der Waals surface area contributed by atoms with Crippen molar-refractivity contribution in [1.29, 1.82) is 0 Å². The summed E-state index contributed by atoms with van der Waals surface area (Å²) in [5.74, 6) is -2.70. The second-order valence-corrected chi connectivity index (χ2v) is 8.85. The number of carbonyl (C=O) groups excluding carboxylic acids is 2. The Morgan fingerprint density at radius 1 is 0.900 bits per heavy atom. The van der Waals surface area contributed by atoms with Gasteiger partial charge in [-0.05, 0) is 57.2 Å². The van der Waals surface area contributed by atoms with Crippen LogP contribution in [0.5, 0.6) is 0 Å². The molecule has 2 aromatic carbocycles. The summed E-state index contributed by atoms with van der Waals surface area (Å²) < 4.78 is 0. The Morgan fingerprint density at radius 2 is 1.33 bits per heavy atom. The smallest absolute Gasteiger partial charge is 0.242 e. The quantitative estimate of drug-likeness (QED) is 0.283. The number of nitrogens with one attached hydrogen (secondary N) is 2. The van der Waals surface area contributed by atoms with Crippen LogP contribution in [-0.4, -0.2) is 23.6 Å². The Balaban J connectivity index is 2.26. The molecule has 0 aromatic heterocycles. The van der Waals surface area contributed by atoms with E-state index in [1.165, 1.54) is 24.3 Å². The van der Waals surface area contributed by atoms with Crippen molar-refractivity contribution in [3.63, 3.8) is 0 Å². The molecule has 0 heterocycles. The zero-order valence-corrected chi connectivity index (χ0v) is 19.3. The Hall–Kier alpha value is -1.99. The van der Waals surface area contributed by atoms with Gasteiger partial charge in [0.25, 0.3) is 0 Å². The van der Waals surface area contributed by atoms with Crippen LogP contribution in [0.1, 0.15) is 20.8 Å². The van der Waals surface area contributed by atoms with Gasteiger partial charge < -0.3 is 15.5 Å². The number of anilines is 2. The summed E-state index contributed by atoms with van der Waals surface area (Å²) in [4.78, 5) is 30.9. The molecule has 2 rings (SSSR count). The zero-order chi connectivity index (χ0) is 22.5. The van der Waals surface area contributed by atoms with E-state index in [4.69, 9.17) is 51.2 Å². The molecule has 0 saturated carbocycles. The van der Waals surface area contributed by atoms with E-state index in [-0.39, 0.29) is 10.0 Å². The number of oxime groups is 1. The summed E-state index contributed by atoms with van der Waals surface area (Å²) in [5.41, 5.74) is -0.0236. The third-order valence-corrected chi connectivity index (χ3v) is 4.58. The first-order valence-corrected chi connectivity index (χ1v) is 10.2. The Labute approximate surface area is 194 Å². The number of amides is 2. The van der Waals surface area contributed by atoms with Crippen molar-refractivity contribution < 1.29 is 14.4 Å². The standard InChI is InChI=1S/C20H19Cl4N3O3/c1-20(2,3)30-25-10-13(18(28)26-16-6-4-11(21)8-14(16)23)19(29)27-17-7-5-12(22)9-15(17)24/h4-10,13H,1-3H3,(H,26,28)(H,27,29). The molecule has 30 heavy (non-hydrogen) atoms. The monoisotopic (exact) mass is 489 g/mol. The summed E-state index contributed by atoms with van der Waals surface area (Å²) in [6.07, 6.45) is 1.10. The second-order valence-electron chi connectivity index (χ2n) is 7.16. The van der Waals surface area contributed by atoms with Gasteiger partial charge in [-0.15, -0.1) is 0 Å². The summed E-state index contributed by atoms with van der Waals surface area (Å²) in [6.45, 7) is 5.33. The van der Waals surface area contributed by atoms with Gasteiger partial charge >= 0.3 is 0 Å². The molecule has 0 bridgehead atoms. The lowest BCUT2D eigenvalue weighted by atomic mass is 10.1. The summed E-state index contributed by atoms with van der Waals surface area (Å²) >= 11 is 23.9. The van der Waals surface area contributed by atoms with Gasteiger partial charge in [-0.1, -0.05) is 51.6 Å². The van der Waals surface area contributed by atoms with E-state index in [2.05, 4.69) is 15.8 Å². The van der Waals surface area contributed by atoms with E-state index in [0.29, 0.717) is 21.4 Å². The Bertz CT molecular complexity index is 909. The van der Waals surface area contributed by atoms with Crippen LogP contribution in [0.4, 0.5) is 11.4 Å². The molecule has 0 radical (unpaired) electrons. The van der Waals surface area contributed by atoms with Crippen LogP contribution in [0.25, 0.3) is 0 Å². The molecule has 0 aliphatic carbocycles. The predicted molar refractivity (Wildman–Crippen MR) is 123 cm³/mol. The van der Waals surface area contributed by atoms with Gasteiger partial charge in [0.05, 0.1) is 27.6 Å². The minimum Gasteiger partial charge on any atom is -0.390 e. The maximum Gasteiger partial charge on any atom is 0.242 e. The third kappa shape index (κ3) is 7.36. The van der Waals surface area contributed by atoms with Crippen molar-refractivity contribution in [3.8, 4) is 0 Å². The normalized spacial score (nSPS) is 11.6. The highest BCUT2D eigenvalue weighted by atomic mass is 35.5. The van der Waals surface area contributed by atoms with E-state index in [1.54, 1.807) is 32.9 Å². The highest BCUT2D eigenvalue weighted by molar-refractivity contribution is 6.38. The minimum absolute atomic E-state index is 0.221. The highest BCUT2D eigenvalue weighted by Crippen LogP contribution is 2.27. The molecule has 6 nitrogen and oxygen atoms in total. The molecule has 0 unspecified atom stereocenters. The maximum atomic E-state index is 12.8. The maximum absolute atomic E-state index is 12.8. The molecule has 0 atom stereocenters. The Morgan fingerprint density at radius 3 is 1.70 bits per heavy atom. The first-order valence-electron chi connectivity index (χ1n) is 8.70. The summed E-state index contributed by atoms with van der Waals surface area (Å²) in [5, 5.41) is 10.2. The van der Waals surface area contributed by atoms with Crippen LogP contribution in [0.2, 0.25) is 20.1 Å². The zero-order valence-electron chi connectivity index (χ0n) is 16.3. The van der Waals surface area contributed by atoms with E-state index in [9.17, 15) is 9.59 Å². The number of hydrogen-bond acceptors (Lipinski definition) is 4. The minimum atomic E-state index is -1.34. The van der Waals surface area contributed by atoms with Crippen LogP contribution in [0.3, 0.4) is 0 Å². The first-order chi connectivity index (χ1) is 14.0. The van der Waals surface area contributed by atoms with Crippen molar-refractivity contribution in [1.82, 2.24) is 0 Å². The molecule has 2 N–H and O–H groups in total. The molecule has 0 fully saturated rings. The first kappa shape index (κ1) is 24.3. The molecular weight excluding hydrogens is 472 g/mol.